The number of carbonyl (C=O) groups excluding carboxylic acids is 1. The van der Waals surface area contributed by atoms with Gasteiger partial charge in [0.25, 0.3) is 0 Å². The van der Waals surface area contributed by atoms with Crippen LogP contribution in [0.25, 0.3) is 0 Å². The SMILES string of the molecule is CCOC(=O)CCc1csc(N2CC(C)C(C)C2)n1. The van der Waals surface area contributed by atoms with Crippen molar-refractivity contribution in [2.24, 2.45) is 11.8 Å². The number of anilines is 1. The lowest BCUT2D eigenvalue weighted by atomic mass is 10.0. The van der Waals surface area contributed by atoms with E-state index < -0.39 is 0 Å². The van der Waals surface area contributed by atoms with Gasteiger partial charge in [-0.15, -0.1) is 11.3 Å². The van der Waals surface area contributed by atoms with Crippen molar-refractivity contribution in [1.82, 2.24) is 4.98 Å². The number of thiazole rings is 1. The summed E-state index contributed by atoms with van der Waals surface area (Å²) in [5.41, 5.74) is 1.00. The molecule has 0 spiro atoms. The zero-order valence-electron chi connectivity index (χ0n) is 11.9. The highest BCUT2D eigenvalue weighted by Gasteiger charge is 2.27. The van der Waals surface area contributed by atoms with E-state index in [1.807, 2.05) is 6.92 Å². The quantitative estimate of drug-likeness (QED) is 0.779. The Balaban J connectivity index is 1.87. The number of ether oxygens (including phenoxy) is 1. The Kier molecular flexibility index (Phi) is 4.80. The number of hydrogen-bond acceptors (Lipinski definition) is 5. The van der Waals surface area contributed by atoms with Crippen molar-refractivity contribution in [2.45, 2.75) is 33.6 Å². The van der Waals surface area contributed by atoms with Gasteiger partial charge >= 0.3 is 5.97 Å². The molecule has 0 radical (unpaired) electrons. The van der Waals surface area contributed by atoms with E-state index in [0.29, 0.717) is 19.4 Å². The van der Waals surface area contributed by atoms with Crippen molar-refractivity contribution >= 4 is 22.4 Å². The fraction of sp³-hybridized carbons (Fsp3) is 0.714. The predicted molar refractivity (Wildman–Crippen MR) is 77.6 cm³/mol. The monoisotopic (exact) mass is 282 g/mol. The van der Waals surface area contributed by atoms with Crippen LogP contribution in [-0.4, -0.2) is 30.6 Å². The third-order valence-corrected chi connectivity index (χ3v) is 4.64. The van der Waals surface area contributed by atoms with E-state index in [0.717, 1.165) is 35.8 Å². The summed E-state index contributed by atoms with van der Waals surface area (Å²) in [5, 5.41) is 3.15. The second kappa shape index (κ2) is 6.37. The Hall–Kier alpha value is -1.10. The van der Waals surface area contributed by atoms with E-state index in [9.17, 15) is 4.79 Å². The standard InChI is InChI=1S/C14H22N2O2S/c1-4-18-13(17)6-5-12-9-19-14(15-12)16-7-10(2)11(3)8-16/h9-11H,4-8H2,1-3H3. The summed E-state index contributed by atoms with van der Waals surface area (Å²) in [6, 6.07) is 0. The van der Waals surface area contributed by atoms with Gasteiger partial charge in [-0.1, -0.05) is 13.8 Å². The van der Waals surface area contributed by atoms with Gasteiger partial charge in [-0.3, -0.25) is 4.79 Å². The van der Waals surface area contributed by atoms with Crippen LogP contribution in [0.4, 0.5) is 5.13 Å². The van der Waals surface area contributed by atoms with E-state index in [1.165, 1.54) is 0 Å². The summed E-state index contributed by atoms with van der Waals surface area (Å²) < 4.78 is 4.92. The molecule has 1 fully saturated rings. The molecule has 1 aromatic heterocycles. The lowest BCUT2D eigenvalue weighted by molar-refractivity contribution is -0.143. The van der Waals surface area contributed by atoms with E-state index in [1.54, 1.807) is 11.3 Å². The van der Waals surface area contributed by atoms with Crippen molar-refractivity contribution in [1.29, 1.82) is 0 Å². The number of carbonyl (C=O) groups is 1. The van der Waals surface area contributed by atoms with Crippen LogP contribution in [0, 0.1) is 11.8 Å². The van der Waals surface area contributed by atoms with Crippen LogP contribution in [0.1, 0.15) is 32.9 Å². The average Bonchev–Trinajstić information content (AvgIpc) is 2.95. The number of rotatable bonds is 5. The molecule has 0 saturated carbocycles. The first-order valence-electron chi connectivity index (χ1n) is 6.95. The topological polar surface area (TPSA) is 42.4 Å². The van der Waals surface area contributed by atoms with E-state index >= 15 is 0 Å². The maximum absolute atomic E-state index is 11.3. The number of aryl methyl sites for hydroxylation is 1. The van der Waals surface area contributed by atoms with Gasteiger partial charge in [-0.25, -0.2) is 4.98 Å². The van der Waals surface area contributed by atoms with Crippen molar-refractivity contribution in [3.63, 3.8) is 0 Å². The highest BCUT2D eigenvalue weighted by molar-refractivity contribution is 7.13. The zero-order chi connectivity index (χ0) is 13.8. The average molecular weight is 282 g/mol. The molecule has 2 atom stereocenters. The van der Waals surface area contributed by atoms with Gasteiger partial charge in [0.1, 0.15) is 0 Å². The zero-order valence-corrected chi connectivity index (χ0v) is 12.7. The van der Waals surface area contributed by atoms with Gasteiger partial charge in [-0.05, 0) is 18.8 Å². The van der Waals surface area contributed by atoms with Gasteiger partial charge in [0, 0.05) is 24.9 Å². The molecule has 1 aromatic rings. The second-order valence-electron chi connectivity index (χ2n) is 5.29. The van der Waals surface area contributed by atoms with Gasteiger partial charge in [0.2, 0.25) is 0 Å². The first-order chi connectivity index (χ1) is 9.10. The molecule has 106 valence electrons. The second-order valence-corrected chi connectivity index (χ2v) is 6.12. The number of hydrogen-bond donors (Lipinski definition) is 0. The lowest BCUT2D eigenvalue weighted by Gasteiger charge is -2.13. The van der Waals surface area contributed by atoms with Gasteiger partial charge < -0.3 is 9.64 Å². The molecule has 2 rings (SSSR count). The molecule has 2 heterocycles. The molecule has 2 unspecified atom stereocenters. The Morgan fingerprint density at radius 2 is 2.16 bits per heavy atom. The molecule has 0 aromatic carbocycles. The number of nitrogens with zero attached hydrogens (tertiary/aromatic N) is 2. The Morgan fingerprint density at radius 3 is 2.79 bits per heavy atom. The highest BCUT2D eigenvalue weighted by Crippen LogP contribution is 2.30. The maximum Gasteiger partial charge on any atom is 0.306 e. The van der Waals surface area contributed by atoms with Crippen LogP contribution in [-0.2, 0) is 16.0 Å². The normalized spacial score (nSPS) is 22.8. The molecule has 5 heteroatoms. The molecule has 1 saturated heterocycles. The summed E-state index contributed by atoms with van der Waals surface area (Å²) in [6.45, 7) is 9.04. The van der Waals surface area contributed by atoms with Crippen LogP contribution in [0.2, 0.25) is 0 Å². The summed E-state index contributed by atoms with van der Waals surface area (Å²) in [7, 11) is 0. The van der Waals surface area contributed by atoms with Gasteiger partial charge in [-0.2, -0.15) is 0 Å². The largest absolute Gasteiger partial charge is 0.466 e. The fourth-order valence-corrected chi connectivity index (χ4v) is 3.19. The molecular formula is C14H22N2O2S. The molecular weight excluding hydrogens is 260 g/mol. The molecule has 0 N–H and O–H groups in total. The molecule has 1 aliphatic heterocycles. The van der Waals surface area contributed by atoms with Gasteiger partial charge in [0.05, 0.1) is 18.7 Å². The van der Waals surface area contributed by atoms with Crippen LogP contribution >= 0.6 is 11.3 Å². The van der Waals surface area contributed by atoms with Crippen molar-refractivity contribution in [3.8, 4) is 0 Å². The van der Waals surface area contributed by atoms with Crippen molar-refractivity contribution in [3.05, 3.63) is 11.1 Å². The predicted octanol–water partition coefficient (Wildman–Crippen LogP) is 2.73. The van der Waals surface area contributed by atoms with Crippen molar-refractivity contribution < 1.29 is 9.53 Å². The molecule has 1 aliphatic rings. The fourth-order valence-electron chi connectivity index (χ4n) is 2.31. The van der Waals surface area contributed by atoms with Crippen LogP contribution < -0.4 is 4.90 Å². The third kappa shape index (κ3) is 3.69. The van der Waals surface area contributed by atoms with E-state index in [-0.39, 0.29) is 5.97 Å². The summed E-state index contributed by atoms with van der Waals surface area (Å²) in [6.07, 6.45) is 1.10. The third-order valence-electron chi connectivity index (χ3n) is 3.69. The summed E-state index contributed by atoms with van der Waals surface area (Å²) in [4.78, 5) is 18.3. The molecule has 4 nitrogen and oxygen atoms in total. The van der Waals surface area contributed by atoms with Gasteiger partial charge in [0.15, 0.2) is 5.13 Å². The molecule has 0 amide bonds. The maximum atomic E-state index is 11.3. The number of esters is 1. The van der Waals surface area contributed by atoms with Crippen LogP contribution in [0.3, 0.4) is 0 Å². The molecule has 0 aliphatic carbocycles. The van der Waals surface area contributed by atoms with E-state index in [4.69, 9.17) is 4.74 Å². The van der Waals surface area contributed by atoms with Crippen LogP contribution in [0.15, 0.2) is 5.38 Å². The lowest BCUT2D eigenvalue weighted by Crippen LogP contribution is -2.19. The summed E-state index contributed by atoms with van der Waals surface area (Å²) in [5.74, 6) is 1.32. The minimum atomic E-state index is -0.138. The first-order valence-corrected chi connectivity index (χ1v) is 7.83. The smallest absolute Gasteiger partial charge is 0.306 e. The minimum absolute atomic E-state index is 0.138. The van der Waals surface area contributed by atoms with E-state index in [2.05, 4.69) is 29.1 Å². The Labute approximate surface area is 118 Å². The summed E-state index contributed by atoms with van der Waals surface area (Å²) >= 11 is 1.68. The molecule has 0 bridgehead atoms. The van der Waals surface area contributed by atoms with Crippen molar-refractivity contribution in [2.75, 3.05) is 24.6 Å². The minimum Gasteiger partial charge on any atom is -0.466 e. The Morgan fingerprint density at radius 1 is 1.47 bits per heavy atom. The Bertz CT molecular complexity index is 423. The van der Waals surface area contributed by atoms with Crippen LogP contribution in [0.5, 0.6) is 0 Å². The number of aromatic nitrogens is 1. The first kappa shape index (κ1) is 14.3. The molecule has 19 heavy (non-hydrogen) atoms. The highest BCUT2D eigenvalue weighted by atomic mass is 32.1.